The Labute approximate surface area is 123 Å². The Morgan fingerprint density at radius 1 is 1.45 bits per heavy atom. The van der Waals surface area contributed by atoms with Gasteiger partial charge in [-0.15, -0.1) is 0 Å². The highest BCUT2D eigenvalue weighted by atomic mass is 32.1. The van der Waals surface area contributed by atoms with Gasteiger partial charge in [0.1, 0.15) is 10.6 Å². The topological polar surface area (TPSA) is 77.2 Å². The van der Waals surface area contributed by atoms with E-state index in [2.05, 4.69) is 9.69 Å². The number of esters is 1. The van der Waals surface area contributed by atoms with E-state index in [0.29, 0.717) is 12.2 Å². The first kappa shape index (κ1) is 13.7. The normalized spacial score (nSPS) is 18.3. The van der Waals surface area contributed by atoms with E-state index in [1.807, 2.05) is 0 Å². The van der Waals surface area contributed by atoms with E-state index in [9.17, 15) is 4.79 Å². The van der Waals surface area contributed by atoms with Crippen LogP contribution in [0.3, 0.4) is 0 Å². The molecule has 0 amide bonds. The lowest BCUT2D eigenvalue weighted by Gasteiger charge is -2.16. The fourth-order valence-electron chi connectivity index (χ4n) is 2.80. The van der Waals surface area contributed by atoms with Gasteiger partial charge in [-0.25, -0.2) is 4.79 Å². The highest BCUT2D eigenvalue weighted by molar-refractivity contribution is 7.11. The summed E-state index contributed by atoms with van der Waals surface area (Å²) < 4.78 is 9.12. The van der Waals surface area contributed by atoms with Gasteiger partial charge in [-0.2, -0.15) is 4.37 Å². The van der Waals surface area contributed by atoms with E-state index in [4.69, 9.17) is 10.5 Å². The zero-order chi connectivity index (χ0) is 14.1. The third-order valence-electron chi connectivity index (χ3n) is 4.15. The van der Waals surface area contributed by atoms with Crippen molar-refractivity contribution in [3.63, 3.8) is 0 Å². The minimum absolute atomic E-state index is 0.269. The molecule has 2 saturated carbocycles. The van der Waals surface area contributed by atoms with Crippen LogP contribution in [0.5, 0.6) is 0 Å². The molecular weight excluding hydrogens is 274 g/mol. The molecule has 6 heteroatoms. The largest absolute Gasteiger partial charge is 0.462 e. The Bertz CT molecular complexity index is 483. The van der Waals surface area contributed by atoms with Crippen LogP contribution < -0.4 is 11.1 Å². The average Bonchev–Trinajstić information content (AvgIpc) is 3.31. The van der Waals surface area contributed by atoms with Crippen LogP contribution in [0.25, 0.3) is 0 Å². The van der Waals surface area contributed by atoms with Gasteiger partial charge in [0, 0.05) is 6.54 Å². The number of carbonyl (C=O) groups excluding carboxylic acids is 1. The summed E-state index contributed by atoms with van der Waals surface area (Å²) in [4.78, 5) is 11.9. The number of nitrogens with one attached hydrogen (secondary N) is 1. The van der Waals surface area contributed by atoms with Crippen molar-refractivity contribution in [3.05, 3.63) is 5.56 Å². The summed E-state index contributed by atoms with van der Waals surface area (Å²) in [5.74, 6) is 2.40. The summed E-state index contributed by atoms with van der Waals surface area (Å²) in [5.41, 5.74) is 6.19. The number of nitrogens with zero attached hydrogens (tertiary/aromatic N) is 1. The molecule has 110 valence electrons. The molecule has 20 heavy (non-hydrogen) atoms. The zero-order valence-corrected chi connectivity index (χ0v) is 12.5. The van der Waals surface area contributed by atoms with Crippen molar-refractivity contribution >= 4 is 28.3 Å². The second-order valence-electron chi connectivity index (χ2n) is 5.71. The van der Waals surface area contributed by atoms with E-state index >= 15 is 0 Å². The van der Waals surface area contributed by atoms with Crippen LogP contribution in [-0.4, -0.2) is 23.5 Å². The Morgan fingerprint density at radius 3 is 2.65 bits per heavy atom. The van der Waals surface area contributed by atoms with Crippen molar-refractivity contribution in [2.75, 3.05) is 24.2 Å². The molecule has 1 aromatic heterocycles. The molecule has 1 heterocycles. The average molecular weight is 295 g/mol. The highest BCUT2D eigenvalue weighted by Crippen LogP contribution is 2.49. The number of nitrogen functional groups attached to an aromatic ring is 1. The molecule has 0 aromatic carbocycles. The number of carbonyl (C=O) groups is 1. The maximum atomic E-state index is 11.9. The van der Waals surface area contributed by atoms with Gasteiger partial charge in [-0.3, -0.25) is 0 Å². The first-order valence-corrected chi connectivity index (χ1v) is 8.14. The van der Waals surface area contributed by atoms with Crippen LogP contribution in [0.1, 0.15) is 43.0 Å². The van der Waals surface area contributed by atoms with E-state index in [1.54, 1.807) is 6.92 Å². The fourth-order valence-corrected chi connectivity index (χ4v) is 3.51. The van der Waals surface area contributed by atoms with Gasteiger partial charge in [0.05, 0.1) is 6.61 Å². The van der Waals surface area contributed by atoms with Crippen molar-refractivity contribution in [1.82, 2.24) is 4.37 Å². The van der Waals surface area contributed by atoms with E-state index in [0.717, 1.165) is 29.3 Å². The minimum Gasteiger partial charge on any atom is -0.462 e. The molecule has 3 N–H and O–H groups in total. The summed E-state index contributed by atoms with van der Waals surface area (Å²) in [7, 11) is 0. The van der Waals surface area contributed by atoms with Crippen LogP contribution in [0.4, 0.5) is 10.8 Å². The molecule has 2 aliphatic rings. The number of hydrogen-bond acceptors (Lipinski definition) is 6. The Kier molecular flexibility index (Phi) is 3.83. The lowest BCUT2D eigenvalue weighted by molar-refractivity contribution is 0.0529. The van der Waals surface area contributed by atoms with Gasteiger partial charge >= 0.3 is 5.97 Å². The SMILES string of the molecule is CCOC(=O)c1c(N)nsc1NCC(C1CC1)C1CC1. The Hall–Kier alpha value is -1.30. The zero-order valence-electron chi connectivity index (χ0n) is 11.7. The second-order valence-corrected chi connectivity index (χ2v) is 6.49. The Morgan fingerprint density at radius 2 is 2.10 bits per heavy atom. The summed E-state index contributed by atoms with van der Waals surface area (Å²) >= 11 is 1.25. The molecule has 0 unspecified atom stereocenters. The van der Waals surface area contributed by atoms with Crippen LogP contribution in [0, 0.1) is 17.8 Å². The first-order valence-electron chi connectivity index (χ1n) is 7.36. The first-order chi connectivity index (χ1) is 9.70. The van der Waals surface area contributed by atoms with Gasteiger partial charge in [0.2, 0.25) is 0 Å². The van der Waals surface area contributed by atoms with E-state index < -0.39 is 0 Å². The minimum atomic E-state index is -0.379. The van der Waals surface area contributed by atoms with Crippen molar-refractivity contribution < 1.29 is 9.53 Å². The molecule has 0 spiro atoms. The van der Waals surface area contributed by atoms with Gasteiger partial charge < -0.3 is 15.8 Å². The molecule has 0 saturated heterocycles. The molecule has 0 radical (unpaired) electrons. The highest BCUT2D eigenvalue weighted by Gasteiger charge is 2.41. The van der Waals surface area contributed by atoms with Crippen LogP contribution in [0.2, 0.25) is 0 Å². The molecule has 0 atom stereocenters. The molecule has 0 aliphatic heterocycles. The number of aromatic nitrogens is 1. The second kappa shape index (κ2) is 5.60. The number of hydrogen-bond donors (Lipinski definition) is 2. The quantitative estimate of drug-likeness (QED) is 0.756. The predicted molar refractivity (Wildman–Crippen MR) is 79.9 cm³/mol. The molecule has 5 nitrogen and oxygen atoms in total. The monoisotopic (exact) mass is 295 g/mol. The third-order valence-corrected chi connectivity index (χ3v) is 4.97. The summed E-state index contributed by atoms with van der Waals surface area (Å²) in [6.07, 6.45) is 5.44. The summed E-state index contributed by atoms with van der Waals surface area (Å²) in [6, 6.07) is 0. The Balaban J connectivity index is 1.66. The molecule has 2 fully saturated rings. The summed E-state index contributed by atoms with van der Waals surface area (Å²) in [6.45, 7) is 3.06. The van der Waals surface area contributed by atoms with Gasteiger partial charge in [-0.05, 0) is 61.9 Å². The molecular formula is C14H21N3O2S. The van der Waals surface area contributed by atoms with Crippen molar-refractivity contribution in [2.45, 2.75) is 32.6 Å². The third kappa shape index (κ3) is 2.90. The van der Waals surface area contributed by atoms with Crippen LogP contribution >= 0.6 is 11.5 Å². The number of ether oxygens (including phenoxy) is 1. The van der Waals surface area contributed by atoms with E-state index in [-0.39, 0.29) is 11.8 Å². The smallest absolute Gasteiger partial charge is 0.344 e. The standard InChI is InChI=1S/C14H21N3O2S/c1-2-19-14(18)11-12(15)17-20-13(11)16-7-10(8-3-4-8)9-5-6-9/h8-10,16H,2-7H2,1H3,(H2,15,17). The number of anilines is 2. The van der Waals surface area contributed by atoms with Crippen molar-refractivity contribution in [1.29, 1.82) is 0 Å². The maximum absolute atomic E-state index is 11.9. The van der Waals surface area contributed by atoms with Crippen molar-refractivity contribution in [2.24, 2.45) is 17.8 Å². The van der Waals surface area contributed by atoms with Gasteiger partial charge in [0.25, 0.3) is 0 Å². The van der Waals surface area contributed by atoms with Crippen LogP contribution in [0.15, 0.2) is 0 Å². The van der Waals surface area contributed by atoms with Crippen molar-refractivity contribution in [3.8, 4) is 0 Å². The number of rotatable bonds is 7. The molecule has 2 aliphatic carbocycles. The number of nitrogens with two attached hydrogens (primary N) is 1. The van der Waals surface area contributed by atoms with Crippen LogP contribution in [-0.2, 0) is 4.74 Å². The maximum Gasteiger partial charge on any atom is 0.344 e. The predicted octanol–water partition coefficient (Wildman–Crippen LogP) is 2.75. The molecule has 0 bridgehead atoms. The molecule has 3 rings (SSSR count). The molecule has 1 aromatic rings. The van der Waals surface area contributed by atoms with Gasteiger partial charge in [-0.1, -0.05) is 0 Å². The summed E-state index contributed by atoms with van der Waals surface area (Å²) in [5, 5.41) is 4.15. The van der Waals surface area contributed by atoms with E-state index in [1.165, 1.54) is 37.2 Å². The van der Waals surface area contributed by atoms with Gasteiger partial charge in [0.15, 0.2) is 5.82 Å². The lowest BCUT2D eigenvalue weighted by Crippen LogP contribution is -2.19. The fraction of sp³-hybridized carbons (Fsp3) is 0.714. The lowest BCUT2D eigenvalue weighted by atomic mass is 9.98.